The summed E-state index contributed by atoms with van der Waals surface area (Å²) < 4.78 is 30.2. The van der Waals surface area contributed by atoms with Crippen molar-refractivity contribution in [2.75, 3.05) is 76.5 Å². The fourth-order valence-corrected chi connectivity index (χ4v) is 5.31. The summed E-state index contributed by atoms with van der Waals surface area (Å²) in [6, 6.07) is -1.01. The van der Waals surface area contributed by atoms with Gasteiger partial charge in [-0.25, -0.2) is 13.5 Å². The smallest absolute Gasteiger partial charge is 0.259 e. The largest absolute Gasteiger partial charge is 0.381 e. The SMILES string of the molecule is Nc1nn2c(c1C(=O)NC1CNCC(F)C1N1CCN(C(=O)CN3CCC3)CC1)NCC(F)C2. The number of anilines is 2. The highest BCUT2D eigenvalue weighted by molar-refractivity contribution is 6.03. The van der Waals surface area contributed by atoms with Gasteiger partial charge in [0.2, 0.25) is 5.91 Å². The van der Waals surface area contributed by atoms with Crippen molar-refractivity contribution < 1.29 is 18.4 Å². The molecule has 188 valence electrons. The van der Waals surface area contributed by atoms with Crippen LogP contribution >= 0.6 is 0 Å². The Labute approximate surface area is 197 Å². The number of halogens is 2. The highest BCUT2D eigenvalue weighted by atomic mass is 19.1. The number of piperidine rings is 1. The standard InChI is InChI=1S/C21H33F2N9O2/c22-13-8-26-20-17(19(24)28-32(20)11-13)21(34)27-15-10-25-9-14(23)18(15)31-6-4-30(5-7-31)16(33)12-29-2-1-3-29/h13-15,18,25-26H,1-12H2,(H2,24,28)(H,27,34). The minimum atomic E-state index is -1.17. The lowest BCUT2D eigenvalue weighted by Gasteiger charge is -2.46. The van der Waals surface area contributed by atoms with Crippen molar-refractivity contribution in [1.82, 2.24) is 35.1 Å². The van der Waals surface area contributed by atoms with Crippen LogP contribution in [0.5, 0.6) is 0 Å². The van der Waals surface area contributed by atoms with Gasteiger partial charge in [0, 0.05) is 45.8 Å². The zero-order chi connectivity index (χ0) is 23.8. The van der Waals surface area contributed by atoms with Crippen molar-refractivity contribution in [3.05, 3.63) is 5.56 Å². The normalized spacial score (nSPS) is 30.2. The molecule has 3 saturated heterocycles. The van der Waals surface area contributed by atoms with Crippen LogP contribution in [0.3, 0.4) is 0 Å². The number of fused-ring (bicyclic) bond motifs is 1. The van der Waals surface area contributed by atoms with E-state index < -0.39 is 30.3 Å². The Kier molecular flexibility index (Phi) is 6.58. The van der Waals surface area contributed by atoms with E-state index in [-0.39, 0.29) is 36.9 Å². The van der Waals surface area contributed by atoms with Gasteiger partial charge in [-0.1, -0.05) is 0 Å². The third-order valence-electron chi connectivity index (χ3n) is 7.27. The molecule has 4 aliphatic rings. The fraction of sp³-hybridized carbons (Fsp3) is 0.762. The number of hydrogen-bond donors (Lipinski definition) is 4. The van der Waals surface area contributed by atoms with Crippen LogP contribution in [0.2, 0.25) is 0 Å². The van der Waals surface area contributed by atoms with Gasteiger partial charge in [0.25, 0.3) is 5.91 Å². The highest BCUT2D eigenvalue weighted by Gasteiger charge is 2.41. The van der Waals surface area contributed by atoms with Crippen LogP contribution in [0.15, 0.2) is 0 Å². The monoisotopic (exact) mass is 481 g/mol. The van der Waals surface area contributed by atoms with Crippen LogP contribution in [-0.4, -0.2) is 126 Å². The van der Waals surface area contributed by atoms with Gasteiger partial charge in [-0.05, 0) is 19.5 Å². The zero-order valence-corrected chi connectivity index (χ0v) is 19.2. The van der Waals surface area contributed by atoms with E-state index in [1.165, 1.54) is 4.68 Å². The average molecular weight is 482 g/mol. The second-order valence-corrected chi connectivity index (χ2v) is 9.56. The second-order valence-electron chi connectivity index (χ2n) is 9.56. The van der Waals surface area contributed by atoms with Crippen LogP contribution in [0.4, 0.5) is 20.4 Å². The number of amides is 2. The maximum Gasteiger partial charge on any atom is 0.259 e. The molecule has 4 aliphatic heterocycles. The first kappa shape index (κ1) is 23.2. The molecule has 2 amide bonds. The zero-order valence-electron chi connectivity index (χ0n) is 19.2. The molecule has 4 unspecified atom stereocenters. The van der Waals surface area contributed by atoms with E-state index in [1.54, 1.807) is 0 Å². The van der Waals surface area contributed by atoms with Gasteiger partial charge in [-0.3, -0.25) is 19.4 Å². The molecule has 0 radical (unpaired) electrons. The Morgan fingerprint density at radius 3 is 2.56 bits per heavy atom. The predicted molar refractivity (Wildman–Crippen MR) is 122 cm³/mol. The lowest BCUT2D eigenvalue weighted by Crippen LogP contribution is -2.67. The lowest BCUT2D eigenvalue weighted by atomic mass is 9.96. The molecule has 0 aliphatic carbocycles. The van der Waals surface area contributed by atoms with E-state index in [9.17, 15) is 14.0 Å². The summed E-state index contributed by atoms with van der Waals surface area (Å²) in [6.07, 6.45) is -1.15. The van der Waals surface area contributed by atoms with Gasteiger partial charge in [0.15, 0.2) is 5.82 Å². The number of hydrogen-bond acceptors (Lipinski definition) is 8. The molecule has 1 aromatic heterocycles. The summed E-state index contributed by atoms with van der Waals surface area (Å²) in [5, 5.41) is 13.0. The summed E-state index contributed by atoms with van der Waals surface area (Å²) in [7, 11) is 0. The summed E-state index contributed by atoms with van der Waals surface area (Å²) in [5.74, 6) is 0.0597. The van der Waals surface area contributed by atoms with Gasteiger partial charge in [0.05, 0.1) is 25.2 Å². The van der Waals surface area contributed by atoms with E-state index >= 15 is 4.39 Å². The van der Waals surface area contributed by atoms with E-state index in [4.69, 9.17) is 5.73 Å². The number of aromatic nitrogens is 2. The summed E-state index contributed by atoms with van der Waals surface area (Å²) in [4.78, 5) is 31.7. The number of nitrogens with zero attached hydrogens (tertiary/aromatic N) is 5. The highest BCUT2D eigenvalue weighted by Crippen LogP contribution is 2.27. The van der Waals surface area contributed by atoms with Crippen LogP contribution < -0.4 is 21.7 Å². The van der Waals surface area contributed by atoms with Gasteiger partial charge in [-0.15, -0.1) is 0 Å². The molecule has 0 aromatic carbocycles. The molecule has 11 nitrogen and oxygen atoms in total. The van der Waals surface area contributed by atoms with Crippen molar-refractivity contribution in [2.24, 2.45) is 0 Å². The Bertz CT molecular complexity index is 916. The van der Waals surface area contributed by atoms with Crippen molar-refractivity contribution in [2.45, 2.75) is 37.4 Å². The lowest BCUT2D eigenvalue weighted by molar-refractivity contribution is -0.135. The number of alkyl halides is 2. The maximum atomic E-state index is 15.1. The molecule has 5 rings (SSSR count). The molecule has 0 bridgehead atoms. The Balaban J connectivity index is 1.23. The third kappa shape index (κ3) is 4.56. The molecule has 0 spiro atoms. The molecular weight excluding hydrogens is 448 g/mol. The fourth-order valence-electron chi connectivity index (χ4n) is 5.31. The number of likely N-dealkylation sites (tertiary alicyclic amines) is 1. The van der Waals surface area contributed by atoms with Crippen LogP contribution in [0.25, 0.3) is 0 Å². The van der Waals surface area contributed by atoms with E-state index in [0.717, 1.165) is 19.5 Å². The van der Waals surface area contributed by atoms with Gasteiger partial charge >= 0.3 is 0 Å². The molecule has 34 heavy (non-hydrogen) atoms. The number of piperazine rings is 1. The predicted octanol–water partition coefficient (Wildman–Crippen LogP) is -1.51. The van der Waals surface area contributed by atoms with Gasteiger partial charge < -0.3 is 26.6 Å². The first-order chi connectivity index (χ1) is 16.4. The number of carbonyl (C=O) groups is 2. The number of carbonyl (C=O) groups excluding carboxylic acids is 2. The number of nitrogen functional groups attached to an aromatic ring is 1. The average Bonchev–Trinajstić information content (AvgIpc) is 3.11. The van der Waals surface area contributed by atoms with E-state index in [2.05, 4.69) is 25.9 Å². The molecule has 1 aromatic rings. The minimum absolute atomic E-state index is 0.0144. The molecule has 5 N–H and O–H groups in total. The third-order valence-corrected chi connectivity index (χ3v) is 7.27. The quantitative estimate of drug-likeness (QED) is 0.400. The minimum Gasteiger partial charge on any atom is -0.381 e. The van der Waals surface area contributed by atoms with Gasteiger partial charge in [-0.2, -0.15) is 5.10 Å². The molecule has 3 fully saturated rings. The number of nitrogens with one attached hydrogen (secondary N) is 3. The van der Waals surface area contributed by atoms with Crippen molar-refractivity contribution >= 4 is 23.5 Å². The van der Waals surface area contributed by atoms with Crippen molar-refractivity contribution in [3.8, 4) is 0 Å². The Morgan fingerprint density at radius 1 is 1.09 bits per heavy atom. The van der Waals surface area contributed by atoms with Crippen LogP contribution in [0.1, 0.15) is 16.8 Å². The number of rotatable bonds is 5. The molecule has 13 heteroatoms. The van der Waals surface area contributed by atoms with Gasteiger partial charge in [0.1, 0.15) is 23.7 Å². The maximum absolute atomic E-state index is 15.1. The first-order valence-corrected chi connectivity index (χ1v) is 12.0. The Morgan fingerprint density at radius 2 is 1.85 bits per heavy atom. The molecule has 5 heterocycles. The van der Waals surface area contributed by atoms with E-state index in [0.29, 0.717) is 45.1 Å². The molecule has 0 saturated carbocycles. The molecule has 4 atom stereocenters. The summed E-state index contributed by atoms with van der Waals surface area (Å²) in [6.45, 7) is 5.30. The number of nitrogens with two attached hydrogens (primary N) is 1. The molecular formula is C21H33F2N9O2. The van der Waals surface area contributed by atoms with Crippen molar-refractivity contribution in [1.29, 1.82) is 0 Å². The first-order valence-electron chi connectivity index (χ1n) is 12.0. The van der Waals surface area contributed by atoms with Crippen LogP contribution in [-0.2, 0) is 11.3 Å². The van der Waals surface area contributed by atoms with E-state index in [1.807, 2.05) is 9.80 Å². The summed E-state index contributed by atoms with van der Waals surface area (Å²) in [5.41, 5.74) is 6.13. The second kappa shape index (κ2) is 9.62. The Hall–Kier alpha value is -2.51. The summed E-state index contributed by atoms with van der Waals surface area (Å²) >= 11 is 0. The topological polar surface area (TPSA) is 124 Å². The van der Waals surface area contributed by atoms with Crippen molar-refractivity contribution in [3.63, 3.8) is 0 Å². The van der Waals surface area contributed by atoms with Crippen LogP contribution in [0, 0.1) is 0 Å².